The Labute approximate surface area is 213 Å². The molecular weight excluding hydrogens is 534 g/mol. The molecule has 10 nitrogen and oxygen atoms in total. The van der Waals surface area contributed by atoms with Gasteiger partial charge in [0.05, 0.1) is 10.6 Å². The Hall–Kier alpha value is -4.69. The van der Waals surface area contributed by atoms with Crippen molar-refractivity contribution in [3.8, 4) is 17.6 Å². The van der Waals surface area contributed by atoms with Crippen molar-refractivity contribution >= 4 is 45.3 Å². The third-order valence-corrected chi connectivity index (χ3v) is 5.69. The lowest BCUT2D eigenvalue weighted by atomic mass is 10.1. The molecule has 1 amide bonds. The molecule has 0 aromatic heterocycles. The van der Waals surface area contributed by atoms with Crippen LogP contribution in [0.2, 0.25) is 0 Å². The first-order valence-electron chi connectivity index (χ1n) is 10.4. The number of non-ortho nitro benzene ring substituents is 1. The Kier molecular flexibility index (Phi) is 7.27. The van der Waals surface area contributed by atoms with Crippen LogP contribution in [-0.4, -0.2) is 23.6 Å². The van der Waals surface area contributed by atoms with E-state index >= 15 is 0 Å². The summed E-state index contributed by atoms with van der Waals surface area (Å²) in [6.45, 7) is 0.0778. The molecule has 1 aliphatic heterocycles. The third kappa shape index (κ3) is 5.51. The molecular formula is C25H16BrN3O7. The van der Waals surface area contributed by atoms with Gasteiger partial charge in [-0.3, -0.25) is 14.9 Å². The predicted octanol–water partition coefficient (Wildman–Crippen LogP) is 4.92. The number of hydrogen-bond donors (Lipinski definition) is 1. The number of nitro groups is 1. The first-order chi connectivity index (χ1) is 17.4. The predicted molar refractivity (Wildman–Crippen MR) is 131 cm³/mol. The van der Waals surface area contributed by atoms with Crippen molar-refractivity contribution < 1.29 is 28.7 Å². The smallest absolute Gasteiger partial charge is 0.350 e. The molecule has 3 aromatic rings. The summed E-state index contributed by atoms with van der Waals surface area (Å²) in [6, 6.07) is 18.8. The summed E-state index contributed by atoms with van der Waals surface area (Å²) < 4.78 is 16.3. The van der Waals surface area contributed by atoms with Crippen LogP contribution in [0.15, 0.2) is 76.8 Å². The minimum atomic E-state index is -1.41. The number of benzene rings is 3. The topological polar surface area (TPSA) is 141 Å². The quantitative estimate of drug-likeness (QED) is 0.144. The number of ether oxygens (including phenoxy) is 3. The van der Waals surface area contributed by atoms with Crippen molar-refractivity contribution in [3.63, 3.8) is 0 Å². The fourth-order valence-corrected chi connectivity index (χ4v) is 3.76. The average molecular weight is 550 g/mol. The van der Waals surface area contributed by atoms with E-state index in [-0.39, 0.29) is 28.2 Å². The van der Waals surface area contributed by atoms with Gasteiger partial charge in [0.1, 0.15) is 11.6 Å². The minimum absolute atomic E-state index is 0.0778. The molecule has 0 fully saturated rings. The van der Waals surface area contributed by atoms with E-state index in [0.29, 0.717) is 22.6 Å². The molecule has 11 heteroatoms. The molecule has 0 saturated carbocycles. The number of hydrogen-bond acceptors (Lipinski definition) is 8. The molecule has 4 rings (SSSR count). The van der Waals surface area contributed by atoms with Crippen molar-refractivity contribution in [1.29, 1.82) is 5.26 Å². The highest BCUT2D eigenvalue weighted by atomic mass is 79.9. The van der Waals surface area contributed by atoms with Gasteiger partial charge in [-0.15, -0.1) is 0 Å². The molecule has 0 aliphatic carbocycles. The van der Waals surface area contributed by atoms with E-state index in [9.17, 15) is 25.0 Å². The highest BCUT2D eigenvalue weighted by Gasteiger charge is 2.27. The van der Waals surface area contributed by atoms with Crippen molar-refractivity contribution in [2.75, 3.05) is 12.1 Å². The molecule has 36 heavy (non-hydrogen) atoms. The van der Waals surface area contributed by atoms with Gasteiger partial charge in [-0.25, -0.2) is 4.79 Å². The SMILES string of the molecule is N#C/C(=C\c1ccc2c(c1)OCO2)C(=O)O[C@H](C(=O)Nc1ccc([N+](=O)[O-])cc1Br)c1ccccc1. The van der Waals surface area contributed by atoms with E-state index in [1.54, 1.807) is 54.6 Å². The van der Waals surface area contributed by atoms with Gasteiger partial charge in [-0.1, -0.05) is 36.4 Å². The standard InChI is InChI=1S/C25H16BrN3O7/c26-19-12-18(29(32)33)7-8-20(19)28-24(30)23(16-4-2-1-3-5-16)36-25(31)17(13-27)10-15-6-9-21-22(11-15)35-14-34-21/h1-12,23H,14H2,(H,28,30)/b17-10+/t23-/m0/s1. The summed E-state index contributed by atoms with van der Waals surface area (Å²) in [5.74, 6) is -0.706. The molecule has 0 unspecified atom stereocenters. The summed E-state index contributed by atoms with van der Waals surface area (Å²) in [5, 5.41) is 23.2. The zero-order valence-corrected chi connectivity index (χ0v) is 19.9. The van der Waals surface area contributed by atoms with Gasteiger partial charge >= 0.3 is 5.97 Å². The van der Waals surface area contributed by atoms with E-state index in [1.165, 1.54) is 24.3 Å². The molecule has 1 N–H and O–H groups in total. The summed E-state index contributed by atoms with van der Waals surface area (Å²) in [7, 11) is 0. The molecule has 1 aliphatic rings. The Morgan fingerprint density at radius 1 is 1.11 bits per heavy atom. The van der Waals surface area contributed by atoms with Crippen LogP contribution in [0.1, 0.15) is 17.2 Å². The van der Waals surface area contributed by atoms with Gasteiger partial charge in [-0.2, -0.15) is 5.26 Å². The summed E-state index contributed by atoms with van der Waals surface area (Å²) >= 11 is 3.19. The van der Waals surface area contributed by atoms with Crippen LogP contribution in [0.5, 0.6) is 11.5 Å². The summed E-state index contributed by atoms with van der Waals surface area (Å²) in [4.78, 5) is 36.5. The Bertz CT molecular complexity index is 1420. The number of nitriles is 1. The Morgan fingerprint density at radius 3 is 2.56 bits per heavy atom. The minimum Gasteiger partial charge on any atom is -0.454 e. The van der Waals surface area contributed by atoms with Crippen molar-refractivity contribution in [3.05, 3.63) is 98.0 Å². The van der Waals surface area contributed by atoms with Crippen LogP contribution >= 0.6 is 15.9 Å². The zero-order valence-electron chi connectivity index (χ0n) is 18.3. The van der Waals surface area contributed by atoms with Crippen molar-refractivity contribution in [2.45, 2.75) is 6.10 Å². The molecule has 1 atom stereocenters. The first-order valence-corrected chi connectivity index (χ1v) is 11.2. The molecule has 180 valence electrons. The molecule has 0 spiro atoms. The fourth-order valence-electron chi connectivity index (χ4n) is 3.29. The third-order valence-electron chi connectivity index (χ3n) is 5.03. The molecule has 0 bridgehead atoms. The monoisotopic (exact) mass is 549 g/mol. The van der Waals surface area contributed by atoms with Gasteiger partial charge < -0.3 is 19.5 Å². The lowest BCUT2D eigenvalue weighted by molar-refractivity contribution is -0.384. The van der Waals surface area contributed by atoms with Crippen LogP contribution in [0.3, 0.4) is 0 Å². The number of carbonyl (C=O) groups is 2. The highest BCUT2D eigenvalue weighted by Crippen LogP contribution is 2.33. The first kappa shape index (κ1) is 24.4. The number of carbonyl (C=O) groups excluding carboxylic acids is 2. The lowest BCUT2D eigenvalue weighted by Crippen LogP contribution is -2.26. The van der Waals surface area contributed by atoms with E-state index in [0.717, 1.165) is 0 Å². The van der Waals surface area contributed by atoms with Gasteiger partial charge in [-0.05, 0) is 45.8 Å². The largest absolute Gasteiger partial charge is 0.454 e. The number of nitro benzene ring substituents is 1. The lowest BCUT2D eigenvalue weighted by Gasteiger charge is -2.18. The van der Waals surface area contributed by atoms with E-state index in [1.807, 2.05) is 0 Å². The highest BCUT2D eigenvalue weighted by molar-refractivity contribution is 9.10. The zero-order chi connectivity index (χ0) is 25.7. The molecule has 1 heterocycles. The maximum absolute atomic E-state index is 13.1. The van der Waals surface area contributed by atoms with E-state index < -0.39 is 22.9 Å². The molecule has 0 radical (unpaired) electrons. The summed E-state index contributed by atoms with van der Waals surface area (Å²) in [6.07, 6.45) is -0.0914. The number of fused-ring (bicyclic) bond motifs is 1. The Morgan fingerprint density at radius 2 is 1.86 bits per heavy atom. The van der Waals surface area contributed by atoms with Gasteiger partial charge in [0.25, 0.3) is 11.6 Å². The van der Waals surface area contributed by atoms with E-state index in [4.69, 9.17) is 14.2 Å². The number of nitrogens with one attached hydrogen (secondary N) is 1. The number of rotatable bonds is 7. The second kappa shape index (κ2) is 10.7. The van der Waals surface area contributed by atoms with Crippen LogP contribution < -0.4 is 14.8 Å². The maximum atomic E-state index is 13.1. The number of nitrogens with zero attached hydrogens (tertiary/aromatic N) is 2. The van der Waals surface area contributed by atoms with Gasteiger partial charge in [0.15, 0.2) is 11.5 Å². The van der Waals surface area contributed by atoms with Gasteiger partial charge in [0, 0.05) is 22.2 Å². The van der Waals surface area contributed by atoms with Crippen LogP contribution in [0.4, 0.5) is 11.4 Å². The average Bonchev–Trinajstić information content (AvgIpc) is 3.35. The number of amides is 1. The second-order valence-electron chi connectivity index (χ2n) is 7.39. The maximum Gasteiger partial charge on any atom is 0.350 e. The number of esters is 1. The summed E-state index contributed by atoms with van der Waals surface area (Å²) in [5.41, 5.74) is 0.598. The van der Waals surface area contributed by atoms with Crippen LogP contribution in [0.25, 0.3) is 6.08 Å². The van der Waals surface area contributed by atoms with Gasteiger partial charge in [0.2, 0.25) is 12.9 Å². The van der Waals surface area contributed by atoms with E-state index in [2.05, 4.69) is 21.2 Å². The van der Waals surface area contributed by atoms with Crippen molar-refractivity contribution in [2.24, 2.45) is 0 Å². The van der Waals surface area contributed by atoms with Crippen molar-refractivity contribution in [1.82, 2.24) is 0 Å². The van der Waals surface area contributed by atoms with Crippen LogP contribution in [-0.2, 0) is 14.3 Å². The molecule has 0 saturated heterocycles. The fraction of sp³-hybridized carbons (Fsp3) is 0.0800. The number of anilines is 1. The normalized spacial score (nSPS) is 12.8. The number of halogens is 1. The molecule has 3 aromatic carbocycles. The second-order valence-corrected chi connectivity index (χ2v) is 8.24. The Balaban J connectivity index is 1.58. The van der Waals surface area contributed by atoms with Crippen LogP contribution in [0, 0.1) is 21.4 Å².